The van der Waals surface area contributed by atoms with Gasteiger partial charge >= 0.3 is 12.0 Å². The lowest BCUT2D eigenvalue weighted by Crippen LogP contribution is -2.28. The molecule has 0 aliphatic carbocycles. The lowest BCUT2D eigenvalue weighted by atomic mass is 10.1. The lowest BCUT2D eigenvalue weighted by molar-refractivity contribution is 0.0697. The molecule has 2 aromatic rings. The number of anilines is 1. The Labute approximate surface area is 121 Å². The monoisotopic (exact) mass is 285 g/mol. The summed E-state index contributed by atoms with van der Waals surface area (Å²) < 4.78 is 0. The molecule has 3 N–H and O–H groups in total. The molecule has 0 aliphatic rings. The van der Waals surface area contributed by atoms with E-state index in [-0.39, 0.29) is 11.6 Å². The van der Waals surface area contributed by atoms with E-state index in [2.05, 4.69) is 15.6 Å². The molecule has 1 heterocycles. The van der Waals surface area contributed by atoms with E-state index < -0.39 is 5.97 Å². The summed E-state index contributed by atoms with van der Waals surface area (Å²) in [7, 11) is 0. The summed E-state index contributed by atoms with van der Waals surface area (Å²) in [4.78, 5) is 26.7. The predicted molar refractivity (Wildman–Crippen MR) is 78.2 cm³/mol. The number of pyridine rings is 1. The Balaban J connectivity index is 1.95. The van der Waals surface area contributed by atoms with Gasteiger partial charge < -0.3 is 15.7 Å². The molecule has 0 saturated carbocycles. The highest BCUT2D eigenvalue weighted by Gasteiger charge is 2.08. The normalized spacial score (nSPS) is 9.95. The van der Waals surface area contributed by atoms with Crippen LogP contribution >= 0.6 is 0 Å². The molecule has 0 aliphatic heterocycles. The molecule has 1 aromatic carbocycles. The lowest BCUT2D eigenvalue weighted by Gasteiger charge is -2.10. The first-order valence-corrected chi connectivity index (χ1v) is 6.35. The molecule has 0 unspecified atom stereocenters. The highest BCUT2D eigenvalue weighted by molar-refractivity contribution is 5.92. The third kappa shape index (κ3) is 4.04. The van der Waals surface area contributed by atoms with Crippen molar-refractivity contribution >= 4 is 17.7 Å². The van der Waals surface area contributed by atoms with E-state index in [1.165, 1.54) is 12.1 Å². The van der Waals surface area contributed by atoms with Gasteiger partial charge in [-0.1, -0.05) is 6.07 Å². The van der Waals surface area contributed by atoms with E-state index in [0.717, 1.165) is 5.69 Å². The SMILES string of the molecule is Cc1cc(C(=O)O)ccc1NC(=O)NCc1ccccn1. The topological polar surface area (TPSA) is 91.3 Å². The third-order valence-electron chi connectivity index (χ3n) is 2.88. The first-order valence-electron chi connectivity index (χ1n) is 6.35. The van der Waals surface area contributed by atoms with Gasteiger partial charge in [0.1, 0.15) is 0 Å². The molecule has 2 amide bonds. The molecule has 0 spiro atoms. The Hall–Kier alpha value is -2.89. The van der Waals surface area contributed by atoms with Crippen LogP contribution in [0.4, 0.5) is 10.5 Å². The number of nitrogens with zero attached hydrogens (tertiary/aromatic N) is 1. The number of aromatic nitrogens is 1. The second-order valence-electron chi connectivity index (χ2n) is 4.46. The number of carbonyl (C=O) groups is 2. The minimum Gasteiger partial charge on any atom is -0.478 e. The maximum Gasteiger partial charge on any atom is 0.335 e. The van der Waals surface area contributed by atoms with Gasteiger partial charge in [-0.2, -0.15) is 0 Å². The van der Waals surface area contributed by atoms with E-state index in [1.807, 2.05) is 12.1 Å². The molecule has 21 heavy (non-hydrogen) atoms. The standard InChI is InChI=1S/C15H15N3O3/c1-10-8-11(14(19)20)5-6-13(10)18-15(21)17-9-12-4-2-3-7-16-12/h2-8H,9H2,1H3,(H,19,20)(H2,17,18,21). The molecule has 0 bridgehead atoms. The van der Waals surface area contributed by atoms with Crippen LogP contribution in [0.15, 0.2) is 42.6 Å². The zero-order valence-electron chi connectivity index (χ0n) is 11.5. The van der Waals surface area contributed by atoms with Crippen molar-refractivity contribution in [1.82, 2.24) is 10.3 Å². The number of hydrogen-bond donors (Lipinski definition) is 3. The van der Waals surface area contributed by atoms with Crippen LogP contribution in [0.5, 0.6) is 0 Å². The highest BCUT2D eigenvalue weighted by Crippen LogP contribution is 2.16. The van der Waals surface area contributed by atoms with Crippen LogP contribution in [0.25, 0.3) is 0 Å². The summed E-state index contributed by atoms with van der Waals surface area (Å²) in [6.07, 6.45) is 1.66. The summed E-state index contributed by atoms with van der Waals surface area (Å²) in [6.45, 7) is 2.06. The highest BCUT2D eigenvalue weighted by atomic mass is 16.4. The first-order chi connectivity index (χ1) is 10.1. The molecule has 6 heteroatoms. The number of aromatic carboxylic acids is 1. The summed E-state index contributed by atoms with van der Waals surface area (Å²) in [5, 5.41) is 14.2. The van der Waals surface area contributed by atoms with Crippen LogP contribution in [0.3, 0.4) is 0 Å². The summed E-state index contributed by atoms with van der Waals surface area (Å²) in [5.41, 5.74) is 2.19. The van der Waals surface area contributed by atoms with Crippen LogP contribution in [0, 0.1) is 6.92 Å². The van der Waals surface area contributed by atoms with Gasteiger partial charge in [-0.05, 0) is 42.8 Å². The molecular weight excluding hydrogens is 270 g/mol. The number of carboxylic acid groups (broad SMARTS) is 1. The third-order valence-corrected chi connectivity index (χ3v) is 2.88. The summed E-state index contributed by atoms with van der Waals surface area (Å²) in [5.74, 6) is -0.996. The Morgan fingerprint density at radius 1 is 1.24 bits per heavy atom. The van der Waals surface area contributed by atoms with Crippen molar-refractivity contribution in [3.63, 3.8) is 0 Å². The Morgan fingerprint density at radius 3 is 2.67 bits per heavy atom. The second-order valence-corrected chi connectivity index (χ2v) is 4.46. The zero-order chi connectivity index (χ0) is 15.2. The number of carboxylic acids is 1. The molecule has 0 radical (unpaired) electrons. The van der Waals surface area contributed by atoms with E-state index >= 15 is 0 Å². The molecule has 1 aromatic heterocycles. The van der Waals surface area contributed by atoms with Gasteiger partial charge in [0.25, 0.3) is 0 Å². The molecule has 0 atom stereocenters. The van der Waals surface area contributed by atoms with E-state index in [0.29, 0.717) is 17.8 Å². The van der Waals surface area contributed by atoms with E-state index in [4.69, 9.17) is 5.11 Å². The number of amides is 2. The maximum atomic E-state index is 11.8. The van der Waals surface area contributed by atoms with Crippen LogP contribution in [-0.4, -0.2) is 22.1 Å². The first kappa shape index (κ1) is 14.5. The minimum atomic E-state index is -0.996. The van der Waals surface area contributed by atoms with Crippen molar-refractivity contribution in [3.05, 3.63) is 59.4 Å². The van der Waals surface area contributed by atoms with Crippen molar-refractivity contribution in [3.8, 4) is 0 Å². The van der Waals surface area contributed by atoms with Crippen molar-refractivity contribution in [1.29, 1.82) is 0 Å². The average Bonchev–Trinajstić information content (AvgIpc) is 2.48. The van der Waals surface area contributed by atoms with Gasteiger partial charge in [0.15, 0.2) is 0 Å². The average molecular weight is 285 g/mol. The summed E-state index contributed by atoms with van der Waals surface area (Å²) >= 11 is 0. The van der Waals surface area contributed by atoms with E-state index in [1.54, 1.807) is 25.3 Å². The number of aryl methyl sites for hydroxylation is 1. The Bertz CT molecular complexity index is 656. The van der Waals surface area contributed by atoms with Crippen molar-refractivity contribution in [2.24, 2.45) is 0 Å². The van der Waals surface area contributed by atoms with Gasteiger partial charge in [-0.15, -0.1) is 0 Å². The van der Waals surface area contributed by atoms with Crippen LogP contribution in [0.2, 0.25) is 0 Å². The summed E-state index contributed by atoms with van der Waals surface area (Å²) in [6, 6.07) is 9.62. The van der Waals surface area contributed by atoms with Gasteiger partial charge in [0.05, 0.1) is 17.8 Å². The molecule has 0 fully saturated rings. The fraction of sp³-hybridized carbons (Fsp3) is 0.133. The number of nitrogens with one attached hydrogen (secondary N) is 2. The minimum absolute atomic E-state index is 0.187. The molecule has 0 saturated heterocycles. The van der Waals surface area contributed by atoms with Crippen LogP contribution < -0.4 is 10.6 Å². The van der Waals surface area contributed by atoms with Crippen LogP contribution in [-0.2, 0) is 6.54 Å². The smallest absolute Gasteiger partial charge is 0.335 e. The number of urea groups is 1. The zero-order valence-corrected chi connectivity index (χ0v) is 11.5. The van der Waals surface area contributed by atoms with Crippen molar-refractivity contribution in [2.75, 3.05) is 5.32 Å². The fourth-order valence-electron chi connectivity index (χ4n) is 1.78. The molecule has 6 nitrogen and oxygen atoms in total. The molecule has 108 valence electrons. The fourth-order valence-corrected chi connectivity index (χ4v) is 1.78. The molecular formula is C15H15N3O3. The maximum absolute atomic E-state index is 11.8. The van der Waals surface area contributed by atoms with Gasteiger partial charge in [-0.3, -0.25) is 4.98 Å². The van der Waals surface area contributed by atoms with Gasteiger partial charge in [0.2, 0.25) is 0 Å². The van der Waals surface area contributed by atoms with Crippen molar-refractivity contribution < 1.29 is 14.7 Å². The second kappa shape index (κ2) is 6.51. The Kier molecular flexibility index (Phi) is 4.50. The molecule has 2 rings (SSSR count). The number of hydrogen-bond acceptors (Lipinski definition) is 3. The quantitative estimate of drug-likeness (QED) is 0.804. The Morgan fingerprint density at radius 2 is 2.05 bits per heavy atom. The predicted octanol–water partition coefficient (Wildman–Crippen LogP) is 2.41. The van der Waals surface area contributed by atoms with E-state index in [9.17, 15) is 9.59 Å². The van der Waals surface area contributed by atoms with Crippen LogP contribution in [0.1, 0.15) is 21.6 Å². The number of rotatable bonds is 4. The van der Waals surface area contributed by atoms with Crippen molar-refractivity contribution in [2.45, 2.75) is 13.5 Å². The number of benzene rings is 1. The van der Waals surface area contributed by atoms with Gasteiger partial charge in [0, 0.05) is 11.9 Å². The largest absolute Gasteiger partial charge is 0.478 e. The number of carbonyl (C=O) groups excluding carboxylic acids is 1. The van der Waals surface area contributed by atoms with Gasteiger partial charge in [-0.25, -0.2) is 9.59 Å².